The van der Waals surface area contributed by atoms with Crippen LogP contribution in [0.25, 0.3) is 0 Å². The fourth-order valence-corrected chi connectivity index (χ4v) is 3.91. The summed E-state index contributed by atoms with van der Waals surface area (Å²) in [7, 11) is 0. The van der Waals surface area contributed by atoms with Gasteiger partial charge < -0.3 is 19.3 Å². The first-order valence-electron chi connectivity index (χ1n) is 13.6. The van der Waals surface area contributed by atoms with Crippen LogP contribution in [0.1, 0.15) is 97.8 Å². The molecule has 0 heterocycles. The van der Waals surface area contributed by atoms with E-state index >= 15 is 0 Å². The number of benzene rings is 2. The fraction of sp³-hybridized carbons (Fsp3) is 0.452. The van der Waals surface area contributed by atoms with E-state index in [0.717, 1.165) is 25.7 Å². The van der Waals surface area contributed by atoms with Crippen molar-refractivity contribution in [3.63, 3.8) is 0 Å². The molecule has 2 aromatic rings. The van der Waals surface area contributed by atoms with Gasteiger partial charge in [-0.1, -0.05) is 70.8 Å². The molecule has 1 N–H and O–H groups in total. The van der Waals surface area contributed by atoms with Crippen molar-refractivity contribution in [1.82, 2.24) is 0 Å². The van der Waals surface area contributed by atoms with Gasteiger partial charge in [-0.3, -0.25) is 0 Å². The molecule has 206 valence electrons. The number of carbonyl (C=O) groups excluding carboxylic acids is 2. The zero-order valence-corrected chi connectivity index (χ0v) is 22.2. The monoisotopic (exact) mass is 524 g/mol. The van der Waals surface area contributed by atoms with E-state index in [9.17, 15) is 14.4 Å². The van der Waals surface area contributed by atoms with Crippen molar-refractivity contribution in [2.45, 2.75) is 77.0 Å². The molecule has 0 bridgehead atoms. The number of aromatic carboxylic acids is 1. The van der Waals surface area contributed by atoms with Crippen LogP contribution in [-0.2, 0) is 9.53 Å². The summed E-state index contributed by atoms with van der Waals surface area (Å²) in [6.45, 7) is 4.52. The quantitative estimate of drug-likeness (QED) is 0.0834. The molecule has 0 spiro atoms. The first kappa shape index (κ1) is 30.6. The fourth-order valence-electron chi connectivity index (χ4n) is 3.91. The molecule has 7 nitrogen and oxygen atoms in total. The molecular formula is C31H40O7. The minimum atomic E-state index is -1.03. The van der Waals surface area contributed by atoms with Crippen LogP contribution in [-0.4, -0.2) is 36.2 Å². The lowest BCUT2D eigenvalue weighted by Crippen LogP contribution is -2.08. The summed E-state index contributed by atoms with van der Waals surface area (Å²) < 4.78 is 16.0. The number of carboxylic acid groups (broad SMARTS) is 1. The van der Waals surface area contributed by atoms with E-state index in [-0.39, 0.29) is 17.3 Å². The van der Waals surface area contributed by atoms with Crippen molar-refractivity contribution in [2.75, 3.05) is 13.2 Å². The molecule has 0 atom stereocenters. The maximum Gasteiger partial charge on any atom is 0.343 e. The zero-order valence-electron chi connectivity index (χ0n) is 22.2. The molecule has 0 aliphatic rings. The molecule has 0 amide bonds. The minimum Gasteiger partial charge on any atom is -0.494 e. The second-order valence-electron chi connectivity index (χ2n) is 9.21. The van der Waals surface area contributed by atoms with E-state index in [1.54, 1.807) is 24.3 Å². The van der Waals surface area contributed by atoms with Gasteiger partial charge in [0.2, 0.25) is 0 Å². The highest BCUT2D eigenvalue weighted by Gasteiger charge is 2.10. The maximum absolute atomic E-state index is 12.3. The maximum atomic E-state index is 12.3. The molecule has 2 rings (SSSR count). The summed E-state index contributed by atoms with van der Waals surface area (Å²) >= 11 is 0. The summed E-state index contributed by atoms with van der Waals surface area (Å²) in [6, 6.07) is 12.5. The van der Waals surface area contributed by atoms with Crippen LogP contribution in [0.3, 0.4) is 0 Å². The highest BCUT2D eigenvalue weighted by molar-refractivity contribution is 5.91. The number of hydrogen-bond donors (Lipinski definition) is 1. The number of unbranched alkanes of at least 4 members (excludes halogenated alkanes) is 11. The molecule has 0 saturated carbocycles. The van der Waals surface area contributed by atoms with Gasteiger partial charge in [-0.15, -0.1) is 0 Å². The average Bonchev–Trinajstić information content (AvgIpc) is 2.93. The second-order valence-corrected chi connectivity index (χ2v) is 9.21. The van der Waals surface area contributed by atoms with Crippen molar-refractivity contribution in [2.24, 2.45) is 0 Å². The summed E-state index contributed by atoms with van der Waals surface area (Å²) in [4.78, 5) is 34.1. The number of carbonyl (C=O) groups is 3. The summed E-state index contributed by atoms with van der Waals surface area (Å²) in [5.41, 5.74) is 0.527. The molecule has 0 aromatic heterocycles. The lowest BCUT2D eigenvalue weighted by atomic mass is 10.1. The Balaban J connectivity index is 1.44. The van der Waals surface area contributed by atoms with Crippen molar-refractivity contribution in [1.29, 1.82) is 0 Å². The van der Waals surface area contributed by atoms with Crippen LogP contribution >= 0.6 is 0 Å². The van der Waals surface area contributed by atoms with Crippen molar-refractivity contribution < 1.29 is 33.7 Å². The van der Waals surface area contributed by atoms with Gasteiger partial charge in [0.1, 0.15) is 11.5 Å². The molecule has 0 fully saturated rings. The lowest BCUT2D eigenvalue weighted by molar-refractivity contribution is -0.137. The van der Waals surface area contributed by atoms with Crippen LogP contribution in [0.15, 0.2) is 61.2 Å². The molecule has 0 aliphatic carbocycles. The SMILES string of the molecule is C=CC(=O)OCCCCCCCCCCCCCCOc1ccc(C(=O)Oc2ccc(C(=O)O)cc2)cc1. The number of ether oxygens (including phenoxy) is 3. The molecule has 0 radical (unpaired) electrons. The highest BCUT2D eigenvalue weighted by Crippen LogP contribution is 2.18. The Morgan fingerprint density at radius 1 is 0.632 bits per heavy atom. The van der Waals surface area contributed by atoms with Gasteiger partial charge in [-0.05, 0) is 61.4 Å². The van der Waals surface area contributed by atoms with Crippen LogP contribution in [0, 0.1) is 0 Å². The normalized spacial score (nSPS) is 10.5. The second kappa shape index (κ2) is 18.6. The lowest BCUT2D eigenvalue weighted by Gasteiger charge is -2.08. The Kier molecular flexibility index (Phi) is 15.0. The van der Waals surface area contributed by atoms with Gasteiger partial charge >= 0.3 is 17.9 Å². The van der Waals surface area contributed by atoms with Crippen LogP contribution in [0.2, 0.25) is 0 Å². The number of hydrogen-bond acceptors (Lipinski definition) is 6. The van der Waals surface area contributed by atoms with Gasteiger partial charge in [-0.2, -0.15) is 0 Å². The zero-order chi connectivity index (χ0) is 27.4. The smallest absolute Gasteiger partial charge is 0.343 e. The Morgan fingerprint density at radius 2 is 1.08 bits per heavy atom. The molecule has 0 saturated heterocycles. The molecule has 38 heavy (non-hydrogen) atoms. The highest BCUT2D eigenvalue weighted by atomic mass is 16.5. The van der Waals surface area contributed by atoms with Gasteiger partial charge in [0.25, 0.3) is 0 Å². The average molecular weight is 525 g/mol. The van der Waals surface area contributed by atoms with Crippen LogP contribution in [0.5, 0.6) is 11.5 Å². The first-order chi connectivity index (χ1) is 18.5. The summed E-state index contributed by atoms with van der Waals surface area (Å²) in [5.74, 6) is -0.877. The molecule has 0 aliphatic heterocycles. The standard InChI is InChI=1S/C31H40O7/c1-2-29(32)37-24-14-12-10-8-6-4-3-5-7-9-11-13-23-36-27-19-17-26(18-20-27)31(35)38-28-21-15-25(16-22-28)30(33)34/h2,15-22H,1,3-14,23-24H2,(H,33,34). The van der Waals surface area contributed by atoms with E-state index in [2.05, 4.69) is 6.58 Å². The number of carboxylic acids is 1. The Labute approximate surface area is 225 Å². The summed E-state index contributed by atoms with van der Waals surface area (Å²) in [6.07, 6.45) is 15.4. The van der Waals surface area contributed by atoms with Gasteiger partial charge in [0, 0.05) is 6.08 Å². The van der Waals surface area contributed by atoms with Crippen molar-refractivity contribution >= 4 is 17.9 Å². The van der Waals surface area contributed by atoms with Crippen molar-refractivity contribution in [3.05, 3.63) is 72.3 Å². The number of rotatable bonds is 20. The van der Waals surface area contributed by atoms with E-state index in [1.165, 1.54) is 81.7 Å². The van der Waals surface area contributed by atoms with Crippen LogP contribution in [0.4, 0.5) is 0 Å². The van der Waals surface area contributed by atoms with Crippen LogP contribution < -0.4 is 9.47 Å². The van der Waals surface area contributed by atoms with Crippen molar-refractivity contribution in [3.8, 4) is 11.5 Å². The molecule has 0 unspecified atom stereocenters. The Hall–Kier alpha value is -3.61. The number of esters is 2. The van der Waals surface area contributed by atoms with E-state index < -0.39 is 11.9 Å². The summed E-state index contributed by atoms with van der Waals surface area (Å²) in [5, 5.41) is 8.93. The minimum absolute atomic E-state index is 0.132. The van der Waals surface area contributed by atoms with E-state index in [4.69, 9.17) is 19.3 Å². The predicted octanol–water partition coefficient (Wildman–Crippen LogP) is 7.39. The van der Waals surface area contributed by atoms with Gasteiger partial charge in [0.15, 0.2) is 0 Å². The topological polar surface area (TPSA) is 99.1 Å². The Bertz CT molecular complexity index is 980. The van der Waals surface area contributed by atoms with E-state index in [0.29, 0.717) is 24.5 Å². The molecule has 2 aromatic carbocycles. The van der Waals surface area contributed by atoms with E-state index in [1.807, 2.05) is 0 Å². The third kappa shape index (κ3) is 13.1. The third-order valence-electron chi connectivity index (χ3n) is 6.12. The molecular weight excluding hydrogens is 484 g/mol. The first-order valence-corrected chi connectivity index (χ1v) is 13.6. The largest absolute Gasteiger partial charge is 0.494 e. The predicted molar refractivity (Wildman–Crippen MR) is 147 cm³/mol. The van der Waals surface area contributed by atoms with Gasteiger partial charge in [-0.25, -0.2) is 14.4 Å². The Morgan fingerprint density at radius 3 is 1.58 bits per heavy atom. The third-order valence-corrected chi connectivity index (χ3v) is 6.12. The van der Waals surface area contributed by atoms with Gasteiger partial charge in [0.05, 0.1) is 24.3 Å². The molecule has 7 heteroatoms.